The summed E-state index contributed by atoms with van der Waals surface area (Å²) in [7, 11) is 0. The van der Waals surface area contributed by atoms with E-state index in [-0.39, 0.29) is 0 Å². The molecule has 78 valence electrons. The summed E-state index contributed by atoms with van der Waals surface area (Å²) < 4.78 is 2.71. The van der Waals surface area contributed by atoms with Crippen molar-refractivity contribution in [3.05, 3.63) is 54.1 Å². The van der Waals surface area contributed by atoms with Crippen molar-refractivity contribution in [2.75, 3.05) is 0 Å². The zero-order chi connectivity index (χ0) is 11.4. The van der Waals surface area contributed by atoms with Crippen LogP contribution < -0.4 is 0 Å². The Hall–Kier alpha value is -1.46. The third kappa shape index (κ3) is 2.37. The molecule has 0 atom stereocenters. The van der Waals surface area contributed by atoms with Crippen molar-refractivity contribution in [2.24, 2.45) is 4.99 Å². The molecule has 0 fully saturated rings. The summed E-state index contributed by atoms with van der Waals surface area (Å²) in [5.74, 6) is 0. The van der Waals surface area contributed by atoms with Gasteiger partial charge in [-0.15, -0.1) is 0 Å². The SMILES string of the molecule is Cc1ccc(-c2ccccc2N=C=[Se])cc1. The van der Waals surface area contributed by atoms with E-state index in [1.165, 1.54) is 11.1 Å². The number of para-hydroxylation sites is 1. The maximum absolute atomic E-state index is 4.20. The molecule has 2 aromatic carbocycles. The molecular formula is C14H11NSe. The van der Waals surface area contributed by atoms with Crippen LogP contribution in [0.4, 0.5) is 5.69 Å². The quantitative estimate of drug-likeness (QED) is 0.587. The molecule has 0 saturated carbocycles. The fourth-order valence-electron chi connectivity index (χ4n) is 1.60. The van der Waals surface area contributed by atoms with Crippen molar-refractivity contribution in [2.45, 2.75) is 6.92 Å². The zero-order valence-electron chi connectivity index (χ0n) is 8.97. The second kappa shape index (κ2) is 5.05. The molecule has 2 heteroatoms. The Kier molecular flexibility index (Phi) is 3.48. The van der Waals surface area contributed by atoms with Gasteiger partial charge in [-0.2, -0.15) is 0 Å². The van der Waals surface area contributed by atoms with Crippen molar-refractivity contribution in [1.29, 1.82) is 0 Å². The van der Waals surface area contributed by atoms with Gasteiger partial charge in [0.1, 0.15) is 0 Å². The molecule has 0 heterocycles. The van der Waals surface area contributed by atoms with E-state index in [9.17, 15) is 0 Å². The van der Waals surface area contributed by atoms with Gasteiger partial charge in [0.25, 0.3) is 0 Å². The maximum atomic E-state index is 4.20. The van der Waals surface area contributed by atoms with Gasteiger partial charge in [0.05, 0.1) is 0 Å². The van der Waals surface area contributed by atoms with Gasteiger partial charge in [0.2, 0.25) is 0 Å². The normalized spacial score (nSPS) is 9.56. The second-order valence-electron chi connectivity index (χ2n) is 3.59. The van der Waals surface area contributed by atoms with E-state index in [0.29, 0.717) is 0 Å². The number of nitrogens with zero attached hydrogens (tertiary/aromatic N) is 1. The molecule has 2 aromatic rings. The van der Waals surface area contributed by atoms with Crippen molar-refractivity contribution in [1.82, 2.24) is 0 Å². The van der Waals surface area contributed by atoms with Crippen molar-refractivity contribution in [3.63, 3.8) is 0 Å². The molecule has 0 spiro atoms. The van der Waals surface area contributed by atoms with Crippen LogP contribution in [0.2, 0.25) is 0 Å². The summed E-state index contributed by atoms with van der Waals surface area (Å²) in [5.41, 5.74) is 4.51. The summed E-state index contributed by atoms with van der Waals surface area (Å²) in [5, 5.41) is 0. The minimum atomic E-state index is 0.935. The van der Waals surface area contributed by atoms with Gasteiger partial charge >= 0.3 is 103 Å². The van der Waals surface area contributed by atoms with Crippen molar-refractivity contribution >= 4 is 26.0 Å². The summed E-state index contributed by atoms with van der Waals surface area (Å²) in [4.78, 5) is 4.20. The van der Waals surface area contributed by atoms with Crippen LogP contribution in [0.1, 0.15) is 5.56 Å². The van der Waals surface area contributed by atoms with Gasteiger partial charge in [-0.05, 0) is 0 Å². The van der Waals surface area contributed by atoms with Gasteiger partial charge in [-0.3, -0.25) is 0 Å². The molecule has 1 nitrogen and oxygen atoms in total. The van der Waals surface area contributed by atoms with Crippen LogP contribution in [0.3, 0.4) is 0 Å². The van der Waals surface area contributed by atoms with Crippen LogP contribution in [-0.2, 0) is 0 Å². The molecule has 0 unspecified atom stereocenters. The van der Waals surface area contributed by atoms with Crippen molar-refractivity contribution < 1.29 is 0 Å². The fraction of sp³-hybridized carbons (Fsp3) is 0.0714. The molecule has 2 rings (SSSR count). The molecule has 0 aromatic heterocycles. The summed E-state index contributed by atoms with van der Waals surface area (Å²) in [6.07, 6.45) is 0. The van der Waals surface area contributed by atoms with Crippen LogP contribution in [0, 0.1) is 6.92 Å². The molecule has 0 bridgehead atoms. The molecule has 0 amide bonds. The monoisotopic (exact) mass is 273 g/mol. The average Bonchev–Trinajstić information content (AvgIpc) is 2.32. The van der Waals surface area contributed by atoms with Crippen LogP contribution in [0.5, 0.6) is 0 Å². The number of rotatable bonds is 2. The number of aryl methyl sites for hydroxylation is 1. The Morgan fingerprint density at radius 3 is 2.38 bits per heavy atom. The second-order valence-corrected chi connectivity index (χ2v) is 3.97. The predicted molar refractivity (Wildman–Crippen MR) is 69.5 cm³/mol. The number of hydrogen-bond donors (Lipinski definition) is 0. The topological polar surface area (TPSA) is 12.4 Å². The third-order valence-electron chi connectivity index (χ3n) is 2.43. The van der Waals surface area contributed by atoms with Crippen LogP contribution in [0.15, 0.2) is 53.5 Å². The summed E-state index contributed by atoms with van der Waals surface area (Å²) in [6, 6.07) is 16.5. The number of benzene rings is 2. The van der Waals surface area contributed by atoms with Crippen molar-refractivity contribution in [3.8, 4) is 11.1 Å². The Morgan fingerprint density at radius 2 is 1.69 bits per heavy atom. The molecule has 0 aliphatic carbocycles. The minimum absolute atomic E-state index is 0.935. The molecule has 16 heavy (non-hydrogen) atoms. The number of aliphatic imine (C=N–C) groups is 1. The Labute approximate surface area is 103 Å². The number of hydrogen-bond acceptors (Lipinski definition) is 1. The first-order valence-electron chi connectivity index (χ1n) is 5.05. The molecule has 0 aliphatic rings. The van der Waals surface area contributed by atoms with Crippen LogP contribution in [-0.4, -0.2) is 20.3 Å². The Morgan fingerprint density at radius 1 is 1.00 bits per heavy atom. The Bertz CT molecular complexity index is 537. The van der Waals surface area contributed by atoms with Gasteiger partial charge in [-0.1, -0.05) is 0 Å². The first kappa shape index (κ1) is 11.0. The summed E-state index contributed by atoms with van der Waals surface area (Å²) in [6.45, 7) is 2.09. The van der Waals surface area contributed by atoms with E-state index >= 15 is 0 Å². The zero-order valence-corrected chi connectivity index (χ0v) is 10.7. The fourth-order valence-corrected chi connectivity index (χ4v) is 1.80. The molecule has 0 saturated heterocycles. The predicted octanol–water partition coefficient (Wildman–Crippen LogP) is 3.37. The van der Waals surface area contributed by atoms with Gasteiger partial charge in [0, 0.05) is 0 Å². The molecule has 0 N–H and O–H groups in total. The van der Waals surface area contributed by atoms with E-state index in [1.807, 2.05) is 18.2 Å². The van der Waals surface area contributed by atoms with Gasteiger partial charge in [0.15, 0.2) is 0 Å². The standard InChI is InChI=1S/C14H11NSe/c1-11-6-8-12(9-7-11)13-4-2-3-5-14(13)15-10-16/h2-9H,1H3. The van der Waals surface area contributed by atoms with E-state index in [4.69, 9.17) is 0 Å². The van der Waals surface area contributed by atoms with Crippen LogP contribution in [0.25, 0.3) is 11.1 Å². The third-order valence-corrected chi connectivity index (χ3v) is 2.62. The first-order chi connectivity index (χ1) is 7.81. The average molecular weight is 272 g/mol. The van der Waals surface area contributed by atoms with E-state index in [2.05, 4.69) is 62.5 Å². The van der Waals surface area contributed by atoms with E-state index < -0.39 is 0 Å². The molecule has 0 radical (unpaired) electrons. The first-order valence-corrected chi connectivity index (χ1v) is 5.91. The summed E-state index contributed by atoms with van der Waals surface area (Å²) >= 11 is 2.66. The van der Waals surface area contributed by atoms with E-state index in [0.717, 1.165) is 11.3 Å². The molecular weight excluding hydrogens is 261 g/mol. The van der Waals surface area contributed by atoms with Crippen LogP contribution >= 0.6 is 0 Å². The van der Waals surface area contributed by atoms with E-state index in [1.54, 1.807) is 0 Å². The van der Waals surface area contributed by atoms with Gasteiger partial charge < -0.3 is 0 Å². The van der Waals surface area contributed by atoms with Gasteiger partial charge in [-0.25, -0.2) is 0 Å². The molecule has 0 aliphatic heterocycles. The Balaban J connectivity index is 2.55.